The van der Waals surface area contributed by atoms with E-state index in [1.807, 2.05) is 13.8 Å². The van der Waals surface area contributed by atoms with Gasteiger partial charge in [0.05, 0.1) is 18.8 Å². The molecule has 0 amide bonds. The van der Waals surface area contributed by atoms with Gasteiger partial charge in [0.1, 0.15) is 0 Å². The van der Waals surface area contributed by atoms with E-state index in [4.69, 9.17) is 4.74 Å². The number of aliphatic hydroxyl groups excluding tert-OH is 1. The number of rotatable bonds is 6. The molecule has 0 aliphatic rings. The highest BCUT2D eigenvalue weighted by atomic mass is 16.5. The fourth-order valence-electron chi connectivity index (χ4n) is 0.981. The van der Waals surface area contributed by atoms with Crippen LogP contribution < -0.4 is 5.32 Å². The molecule has 92 valence electrons. The second-order valence-corrected chi connectivity index (χ2v) is 5.53. The summed E-state index contributed by atoms with van der Waals surface area (Å²) in [5, 5.41) is 12.9. The third-order valence-electron chi connectivity index (χ3n) is 2.58. The molecule has 0 fully saturated rings. The third-order valence-corrected chi connectivity index (χ3v) is 2.58. The highest BCUT2D eigenvalue weighted by Gasteiger charge is 2.20. The van der Waals surface area contributed by atoms with Crippen LogP contribution in [0, 0.1) is 5.41 Å². The van der Waals surface area contributed by atoms with Gasteiger partial charge in [-0.15, -0.1) is 0 Å². The minimum Gasteiger partial charge on any atom is -0.389 e. The van der Waals surface area contributed by atoms with Crippen LogP contribution in [0.5, 0.6) is 0 Å². The van der Waals surface area contributed by atoms with E-state index in [9.17, 15) is 5.11 Å². The highest BCUT2D eigenvalue weighted by molar-refractivity contribution is 4.77. The molecule has 3 nitrogen and oxygen atoms in total. The van der Waals surface area contributed by atoms with E-state index in [0.29, 0.717) is 19.2 Å². The molecule has 0 aromatic rings. The van der Waals surface area contributed by atoms with E-state index < -0.39 is 6.10 Å². The van der Waals surface area contributed by atoms with Crippen molar-refractivity contribution in [1.29, 1.82) is 0 Å². The fraction of sp³-hybridized carbons (Fsp3) is 1.00. The standard InChI is InChI=1S/C12H27NO2/c1-9(2)15-8-11(14)7-13-10(3)12(4,5)6/h9-11,13-14H,7-8H2,1-6H3. The molecule has 0 aliphatic carbocycles. The van der Waals surface area contributed by atoms with Gasteiger partial charge in [-0.1, -0.05) is 20.8 Å². The van der Waals surface area contributed by atoms with Crippen LogP contribution in [-0.4, -0.2) is 36.5 Å². The van der Waals surface area contributed by atoms with Gasteiger partial charge in [-0.05, 0) is 26.2 Å². The second kappa shape index (κ2) is 6.46. The van der Waals surface area contributed by atoms with Crippen molar-refractivity contribution >= 4 is 0 Å². The molecule has 0 rings (SSSR count). The maximum absolute atomic E-state index is 9.63. The predicted molar refractivity (Wildman–Crippen MR) is 64.0 cm³/mol. The summed E-state index contributed by atoms with van der Waals surface area (Å²) in [5.41, 5.74) is 0.221. The van der Waals surface area contributed by atoms with Crippen LogP contribution in [0.1, 0.15) is 41.5 Å². The summed E-state index contributed by atoms with van der Waals surface area (Å²) in [7, 11) is 0. The zero-order valence-electron chi connectivity index (χ0n) is 11.0. The lowest BCUT2D eigenvalue weighted by Gasteiger charge is -2.29. The van der Waals surface area contributed by atoms with Crippen LogP contribution in [0.3, 0.4) is 0 Å². The summed E-state index contributed by atoms with van der Waals surface area (Å²) in [6, 6.07) is 0.381. The van der Waals surface area contributed by atoms with Gasteiger partial charge in [0.2, 0.25) is 0 Å². The van der Waals surface area contributed by atoms with Crippen LogP contribution >= 0.6 is 0 Å². The zero-order chi connectivity index (χ0) is 12.1. The van der Waals surface area contributed by atoms with Crippen LogP contribution in [0.4, 0.5) is 0 Å². The Labute approximate surface area is 94.2 Å². The topological polar surface area (TPSA) is 41.5 Å². The molecule has 0 heterocycles. The van der Waals surface area contributed by atoms with Gasteiger partial charge in [-0.3, -0.25) is 0 Å². The number of ether oxygens (including phenoxy) is 1. The quantitative estimate of drug-likeness (QED) is 0.713. The molecule has 15 heavy (non-hydrogen) atoms. The van der Waals surface area contributed by atoms with E-state index in [2.05, 4.69) is 33.0 Å². The lowest BCUT2D eigenvalue weighted by Crippen LogP contribution is -2.42. The van der Waals surface area contributed by atoms with Crippen LogP contribution in [0.25, 0.3) is 0 Å². The van der Waals surface area contributed by atoms with Crippen LogP contribution in [-0.2, 0) is 4.74 Å². The van der Waals surface area contributed by atoms with E-state index in [1.54, 1.807) is 0 Å². The van der Waals surface area contributed by atoms with Crippen molar-refractivity contribution in [1.82, 2.24) is 5.32 Å². The Balaban J connectivity index is 3.66. The molecule has 2 N–H and O–H groups in total. The second-order valence-electron chi connectivity index (χ2n) is 5.53. The molecule has 2 unspecified atom stereocenters. The van der Waals surface area contributed by atoms with Crippen LogP contribution in [0.15, 0.2) is 0 Å². The lowest BCUT2D eigenvalue weighted by atomic mass is 9.88. The molecule has 0 saturated heterocycles. The van der Waals surface area contributed by atoms with Crippen LogP contribution in [0.2, 0.25) is 0 Å². The average molecular weight is 217 g/mol. The molecule has 2 atom stereocenters. The number of hydrogen-bond donors (Lipinski definition) is 2. The molecule has 0 radical (unpaired) electrons. The molecule has 0 spiro atoms. The van der Waals surface area contributed by atoms with Gasteiger partial charge in [0, 0.05) is 12.6 Å². The summed E-state index contributed by atoms with van der Waals surface area (Å²) in [4.78, 5) is 0. The summed E-state index contributed by atoms with van der Waals surface area (Å²) in [6.07, 6.45) is -0.239. The van der Waals surface area contributed by atoms with Crippen molar-refractivity contribution < 1.29 is 9.84 Å². The van der Waals surface area contributed by atoms with Gasteiger partial charge in [-0.2, -0.15) is 0 Å². The van der Waals surface area contributed by atoms with Crippen molar-refractivity contribution in [3.05, 3.63) is 0 Å². The first kappa shape index (κ1) is 14.9. The molecular weight excluding hydrogens is 190 g/mol. The first-order valence-electron chi connectivity index (χ1n) is 5.76. The Morgan fingerprint density at radius 1 is 1.20 bits per heavy atom. The highest BCUT2D eigenvalue weighted by Crippen LogP contribution is 2.18. The molecule has 0 saturated carbocycles. The maximum Gasteiger partial charge on any atom is 0.0897 e. The zero-order valence-corrected chi connectivity index (χ0v) is 11.0. The third kappa shape index (κ3) is 7.77. The minimum atomic E-state index is -0.419. The van der Waals surface area contributed by atoms with E-state index >= 15 is 0 Å². The van der Waals surface area contributed by atoms with Crippen molar-refractivity contribution in [2.24, 2.45) is 5.41 Å². The Bertz CT molecular complexity index is 163. The fourth-order valence-corrected chi connectivity index (χ4v) is 0.981. The van der Waals surface area contributed by atoms with Crippen molar-refractivity contribution in [3.63, 3.8) is 0 Å². The molecule has 3 heteroatoms. The Hall–Kier alpha value is -0.120. The monoisotopic (exact) mass is 217 g/mol. The van der Waals surface area contributed by atoms with E-state index in [0.717, 1.165) is 0 Å². The van der Waals surface area contributed by atoms with E-state index in [-0.39, 0.29) is 11.5 Å². The molecular formula is C12H27NO2. The van der Waals surface area contributed by atoms with Crippen molar-refractivity contribution in [2.75, 3.05) is 13.2 Å². The molecule has 0 aromatic carbocycles. The van der Waals surface area contributed by atoms with Crippen molar-refractivity contribution in [2.45, 2.75) is 59.8 Å². The summed E-state index contributed by atoms with van der Waals surface area (Å²) < 4.78 is 5.33. The van der Waals surface area contributed by atoms with Gasteiger partial charge >= 0.3 is 0 Å². The average Bonchev–Trinajstić information content (AvgIpc) is 2.09. The Kier molecular flexibility index (Phi) is 6.41. The number of nitrogens with one attached hydrogen (secondary N) is 1. The lowest BCUT2D eigenvalue weighted by molar-refractivity contribution is 0.00431. The molecule has 0 bridgehead atoms. The maximum atomic E-state index is 9.63. The Morgan fingerprint density at radius 2 is 1.73 bits per heavy atom. The largest absolute Gasteiger partial charge is 0.389 e. The van der Waals surface area contributed by atoms with Crippen molar-refractivity contribution in [3.8, 4) is 0 Å². The summed E-state index contributed by atoms with van der Waals surface area (Å²) in [5.74, 6) is 0. The van der Waals surface area contributed by atoms with Gasteiger partial charge in [0.15, 0.2) is 0 Å². The smallest absolute Gasteiger partial charge is 0.0897 e. The van der Waals surface area contributed by atoms with Gasteiger partial charge in [0.25, 0.3) is 0 Å². The predicted octanol–water partition coefficient (Wildman–Crippen LogP) is 1.80. The summed E-state index contributed by atoms with van der Waals surface area (Å²) in [6.45, 7) is 13.6. The number of aliphatic hydroxyl groups is 1. The Morgan fingerprint density at radius 3 is 2.13 bits per heavy atom. The SMILES string of the molecule is CC(C)OCC(O)CNC(C)C(C)(C)C. The first-order chi connectivity index (χ1) is 6.73. The minimum absolute atomic E-state index is 0.180. The van der Waals surface area contributed by atoms with Gasteiger partial charge < -0.3 is 15.2 Å². The normalized spacial score (nSPS) is 16.8. The van der Waals surface area contributed by atoms with E-state index in [1.165, 1.54) is 0 Å². The molecule has 0 aliphatic heterocycles. The molecule has 0 aromatic heterocycles. The number of hydrogen-bond acceptors (Lipinski definition) is 3. The van der Waals surface area contributed by atoms with Gasteiger partial charge in [-0.25, -0.2) is 0 Å². The summed E-state index contributed by atoms with van der Waals surface area (Å²) >= 11 is 0. The first-order valence-corrected chi connectivity index (χ1v) is 5.76.